The van der Waals surface area contributed by atoms with Gasteiger partial charge in [0.25, 0.3) is 0 Å². The third-order valence-corrected chi connectivity index (χ3v) is 3.25. The molecule has 0 unspecified atom stereocenters. The summed E-state index contributed by atoms with van der Waals surface area (Å²) in [6.07, 6.45) is 0. The molecule has 0 spiro atoms. The Hall–Kier alpha value is -2.06. The molecule has 3 rings (SSSR count). The van der Waals surface area contributed by atoms with Gasteiger partial charge in [-0.25, -0.2) is 0 Å². The monoisotopic (exact) mass is 236 g/mol. The van der Waals surface area contributed by atoms with Gasteiger partial charge < -0.3 is 10.7 Å². The molecule has 0 aliphatic rings. The van der Waals surface area contributed by atoms with Crippen LogP contribution in [0.5, 0.6) is 0 Å². The van der Waals surface area contributed by atoms with Gasteiger partial charge in [0.15, 0.2) is 0 Å². The van der Waals surface area contributed by atoms with Crippen molar-refractivity contribution in [3.8, 4) is 11.1 Å². The number of rotatable bonds is 2. The van der Waals surface area contributed by atoms with Crippen molar-refractivity contribution in [2.24, 2.45) is 5.73 Å². The minimum Gasteiger partial charge on any atom is -0.359 e. The summed E-state index contributed by atoms with van der Waals surface area (Å²) in [7, 11) is 0. The van der Waals surface area contributed by atoms with Crippen molar-refractivity contribution >= 4 is 10.9 Å². The van der Waals surface area contributed by atoms with Crippen molar-refractivity contribution in [2.45, 2.75) is 13.5 Å². The number of aromatic amines is 1. The van der Waals surface area contributed by atoms with E-state index in [9.17, 15) is 0 Å². The molecule has 1 heterocycles. The number of fused-ring (bicyclic) bond motifs is 1. The fourth-order valence-electron chi connectivity index (χ4n) is 2.34. The van der Waals surface area contributed by atoms with E-state index < -0.39 is 0 Å². The summed E-state index contributed by atoms with van der Waals surface area (Å²) in [5, 5.41) is 1.25. The molecule has 0 radical (unpaired) electrons. The molecule has 0 atom stereocenters. The topological polar surface area (TPSA) is 41.8 Å². The summed E-state index contributed by atoms with van der Waals surface area (Å²) in [6.45, 7) is 2.66. The molecule has 90 valence electrons. The van der Waals surface area contributed by atoms with E-state index in [-0.39, 0.29) is 0 Å². The molecule has 2 heteroatoms. The van der Waals surface area contributed by atoms with Gasteiger partial charge in [-0.05, 0) is 47.9 Å². The molecule has 0 fully saturated rings. The number of aryl methyl sites for hydroxylation is 1. The maximum atomic E-state index is 5.69. The molecule has 1 aromatic heterocycles. The average Bonchev–Trinajstić information content (AvgIpc) is 2.77. The molecule has 0 amide bonds. The smallest absolute Gasteiger partial charge is 0.0456 e. The van der Waals surface area contributed by atoms with E-state index >= 15 is 0 Å². The lowest BCUT2D eigenvalue weighted by Crippen LogP contribution is -1.95. The maximum absolute atomic E-state index is 5.69. The van der Waals surface area contributed by atoms with Crippen LogP contribution in [0.3, 0.4) is 0 Å². The predicted octanol–water partition coefficient (Wildman–Crippen LogP) is 3.60. The van der Waals surface area contributed by atoms with Gasteiger partial charge in [-0.2, -0.15) is 0 Å². The van der Waals surface area contributed by atoms with Crippen molar-refractivity contribution in [2.75, 3.05) is 0 Å². The summed E-state index contributed by atoms with van der Waals surface area (Å²) in [5.74, 6) is 0. The first-order valence-corrected chi connectivity index (χ1v) is 6.15. The minimum absolute atomic E-state index is 0.583. The van der Waals surface area contributed by atoms with Crippen LogP contribution in [0.1, 0.15) is 11.3 Å². The van der Waals surface area contributed by atoms with Crippen LogP contribution in [0.2, 0.25) is 0 Å². The molecule has 18 heavy (non-hydrogen) atoms. The Balaban J connectivity index is 2.12. The van der Waals surface area contributed by atoms with Gasteiger partial charge in [-0.15, -0.1) is 0 Å². The number of hydrogen-bond donors (Lipinski definition) is 2. The first-order chi connectivity index (χ1) is 8.76. The quantitative estimate of drug-likeness (QED) is 0.701. The van der Waals surface area contributed by atoms with Crippen LogP contribution in [0.15, 0.2) is 48.5 Å². The lowest BCUT2D eigenvalue weighted by atomic mass is 10.0. The van der Waals surface area contributed by atoms with Crippen LogP contribution in [-0.2, 0) is 6.54 Å². The highest BCUT2D eigenvalue weighted by Gasteiger charge is 2.02. The molecule has 0 bridgehead atoms. The fourth-order valence-corrected chi connectivity index (χ4v) is 2.34. The second-order valence-corrected chi connectivity index (χ2v) is 4.66. The minimum atomic E-state index is 0.583. The van der Waals surface area contributed by atoms with Crippen molar-refractivity contribution in [3.63, 3.8) is 0 Å². The first kappa shape index (κ1) is 11.1. The van der Waals surface area contributed by atoms with E-state index in [1.54, 1.807) is 0 Å². The highest BCUT2D eigenvalue weighted by molar-refractivity contribution is 5.85. The molecule has 3 N–H and O–H groups in total. The van der Waals surface area contributed by atoms with E-state index in [1.165, 1.54) is 27.7 Å². The third kappa shape index (κ3) is 1.91. The molecule has 2 nitrogen and oxygen atoms in total. The number of benzene rings is 2. The lowest BCUT2D eigenvalue weighted by molar-refractivity contribution is 1.07. The van der Waals surface area contributed by atoms with Crippen LogP contribution in [0.25, 0.3) is 22.0 Å². The zero-order valence-corrected chi connectivity index (χ0v) is 10.4. The fraction of sp³-hybridized carbons (Fsp3) is 0.125. The Morgan fingerprint density at radius 3 is 2.67 bits per heavy atom. The third-order valence-electron chi connectivity index (χ3n) is 3.25. The summed E-state index contributed by atoms with van der Waals surface area (Å²) in [6, 6.07) is 17.1. The molecular weight excluding hydrogens is 220 g/mol. The van der Waals surface area contributed by atoms with Crippen molar-refractivity contribution in [3.05, 3.63) is 59.8 Å². The van der Waals surface area contributed by atoms with E-state index in [1.807, 2.05) is 0 Å². The number of nitrogens with two attached hydrogens (primary N) is 1. The van der Waals surface area contributed by atoms with Gasteiger partial charge in [0.05, 0.1) is 0 Å². The predicted molar refractivity (Wildman–Crippen MR) is 76.4 cm³/mol. The molecule has 2 aromatic carbocycles. The molecular formula is C16H16N2. The summed E-state index contributed by atoms with van der Waals surface area (Å²) >= 11 is 0. The number of hydrogen-bond acceptors (Lipinski definition) is 1. The number of nitrogens with one attached hydrogen (secondary N) is 1. The second-order valence-electron chi connectivity index (χ2n) is 4.66. The van der Waals surface area contributed by atoms with Gasteiger partial charge in [-0.3, -0.25) is 0 Å². The van der Waals surface area contributed by atoms with Gasteiger partial charge in [0.1, 0.15) is 0 Å². The largest absolute Gasteiger partial charge is 0.359 e. The van der Waals surface area contributed by atoms with Crippen LogP contribution in [0, 0.1) is 6.92 Å². The van der Waals surface area contributed by atoms with E-state index in [2.05, 4.69) is 60.4 Å². The normalized spacial score (nSPS) is 11.0. The van der Waals surface area contributed by atoms with Crippen LogP contribution >= 0.6 is 0 Å². The van der Waals surface area contributed by atoms with Crippen molar-refractivity contribution in [1.29, 1.82) is 0 Å². The standard InChI is InChI=1S/C16H16N2/c1-11-7-15-9-14(5-6-16(15)18-11)13-4-2-3-12(8-13)10-17/h2-9,18H,10,17H2,1H3. The molecule has 0 aliphatic heterocycles. The van der Waals surface area contributed by atoms with Gasteiger partial charge >= 0.3 is 0 Å². The van der Waals surface area contributed by atoms with Gasteiger partial charge in [0.2, 0.25) is 0 Å². The Labute approximate surface area is 106 Å². The average molecular weight is 236 g/mol. The Bertz CT molecular complexity index is 695. The Kier molecular flexibility index (Phi) is 2.65. The zero-order valence-electron chi connectivity index (χ0n) is 10.4. The molecule has 3 aromatic rings. The van der Waals surface area contributed by atoms with Crippen molar-refractivity contribution < 1.29 is 0 Å². The van der Waals surface area contributed by atoms with Gasteiger partial charge in [0, 0.05) is 23.1 Å². The number of H-pyrrole nitrogens is 1. The van der Waals surface area contributed by atoms with Crippen molar-refractivity contribution in [1.82, 2.24) is 4.98 Å². The highest BCUT2D eigenvalue weighted by atomic mass is 14.7. The Morgan fingerprint density at radius 1 is 1.00 bits per heavy atom. The van der Waals surface area contributed by atoms with Gasteiger partial charge in [-0.1, -0.05) is 24.3 Å². The van der Waals surface area contributed by atoms with E-state index in [4.69, 9.17) is 5.73 Å². The van der Waals surface area contributed by atoms with Crippen LogP contribution in [0.4, 0.5) is 0 Å². The Morgan fingerprint density at radius 2 is 1.83 bits per heavy atom. The highest BCUT2D eigenvalue weighted by Crippen LogP contribution is 2.25. The summed E-state index contributed by atoms with van der Waals surface area (Å²) in [5.41, 5.74) is 11.7. The lowest BCUT2D eigenvalue weighted by Gasteiger charge is -2.04. The van der Waals surface area contributed by atoms with E-state index in [0.29, 0.717) is 6.54 Å². The van der Waals surface area contributed by atoms with E-state index in [0.717, 1.165) is 5.56 Å². The zero-order chi connectivity index (χ0) is 12.5. The maximum Gasteiger partial charge on any atom is 0.0456 e. The summed E-state index contributed by atoms with van der Waals surface area (Å²) < 4.78 is 0. The summed E-state index contributed by atoms with van der Waals surface area (Å²) in [4.78, 5) is 3.34. The molecule has 0 saturated heterocycles. The van der Waals surface area contributed by atoms with Crippen LogP contribution in [-0.4, -0.2) is 4.98 Å². The number of aromatic nitrogens is 1. The molecule has 0 saturated carbocycles. The SMILES string of the molecule is Cc1cc2cc(-c3cccc(CN)c3)ccc2[nH]1. The first-order valence-electron chi connectivity index (χ1n) is 6.15. The second kappa shape index (κ2) is 4.31. The van der Waals surface area contributed by atoms with Crippen LogP contribution < -0.4 is 5.73 Å². The molecule has 0 aliphatic carbocycles.